The maximum atomic E-state index is 9.40. The second kappa shape index (κ2) is 23.8. The number of hydrogen-bond acceptors (Lipinski definition) is 6. The first-order chi connectivity index (χ1) is 8.31. The molecular formula is C9H6I3InO6. The number of rotatable bonds is 3. The smallest absolute Gasteiger partial charge is 0.545 e. The van der Waals surface area contributed by atoms with E-state index in [4.69, 9.17) is 0 Å². The number of hydrogen-bond donors (Lipinski definition) is 0. The van der Waals surface area contributed by atoms with Gasteiger partial charge in [0.1, 0.15) is 0 Å². The van der Waals surface area contributed by atoms with Crippen molar-refractivity contribution < 1.29 is 29.7 Å². The van der Waals surface area contributed by atoms with Gasteiger partial charge in [0.25, 0.3) is 0 Å². The summed E-state index contributed by atoms with van der Waals surface area (Å²) in [5, 5.41) is 28.2. The van der Waals surface area contributed by atoms with Crippen LogP contribution in [0.1, 0.15) is 0 Å². The van der Waals surface area contributed by atoms with Crippen LogP contribution in [0.4, 0.5) is 0 Å². The van der Waals surface area contributed by atoms with Gasteiger partial charge >= 0.3 is 25.8 Å². The molecule has 10 heteroatoms. The average Bonchev–Trinajstić information content (AvgIpc) is 2.18. The van der Waals surface area contributed by atoms with Gasteiger partial charge in [-0.05, 0) is 30.5 Å². The minimum absolute atomic E-state index is 0. The fourth-order valence-corrected chi connectivity index (χ4v) is 1.04. The van der Waals surface area contributed by atoms with Gasteiger partial charge in [-0.2, -0.15) is 0 Å². The summed E-state index contributed by atoms with van der Waals surface area (Å²) in [5.74, 6) is -3.45. The van der Waals surface area contributed by atoms with Crippen molar-refractivity contribution in [3.63, 3.8) is 0 Å². The summed E-state index contributed by atoms with van der Waals surface area (Å²) < 4.78 is 4.15. The maximum absolute atomic E-state index is 9.40. The van der Waals surface area contributed by atoms with Crippen LogP contribution in [-0.2, 0) is 14.4 Å². The Morgan fingerprint density at radius 2 is 0.789 bits per heavy atom. The molecule has 0 N–H and O–H groups in total. The molecular weight excluding hydrogens is 700 g/mol. The molecule has 0 fully saturated rings. The third kappa shape index (κ3) is 55.4. The van der Waals surface area contributed by atoms with Crippen molar-refractivity contribution in [2.75, 3.05) is 0 Å². The zero-order chi connectivity index (χ0) is 15.0. The first kappa shape index (κ1) is 27.9. The summed E-state index contributed by atoms with van der Waals surface area (Å²) in [7, 11) is 0. The predicted octanol–water partition coefficient (Wildman–Crippen LogP) is -1.33. The molecule has 0 radical (unpaired) electrons. The van der Waals surface area contributed by atoms with E-state index in [1.54, 1.807) is 67.8 Å². The van der Waals surface area contributed by atoms with Crippen molar-refractivity contribution in [3.05, 3.63) is 30.5 Å². The van der Waals surface area contributed by atoms with Crippen molar-refractivity contribution in [1.82, 2.24) is 0 Å². The molecule has 0 unspecified atom stereocenters. The third-order valence-electron chi connectivity index (χ3n) is 0.597. The van der Waals surface area contributed by atoms with Crippen LogP contribution in [0.15, 0.2) is 30.5 Å². The summed E-state index contributed by atoms with van der Waals surface area (Å²) in [5.41, 5.74) is 0. The summed E-state index contributed by atoms with van der Waals surface area (Å²) in [6.07, 6.45) is 2.88. The fraction of sp³-hybridized carbons (Fsp3) is 0. The Morgan fingerprint density at radius 3 is 0.789 bits per heavy atom. The van der Waals surface area contributed by atoms with E-state index in [1.807, 2.05) is 0 Å². The molecule has 6 nitrogen and oxygen atoms in total. The van der Waals surface area contributed by atoms with E-state index < -0.39 is 17.9 Å². The molecule has 0 amide bonds. The fourth-order valence-electron chi connectivity index (χ4n) is 0.154. The molecule has 0 atom stereocenters. The monoisotopic (exact) mass is 706 g/mol. The number of carbonyl (C=O) groups excluding carboxylic acids is 3. The van der Waals surface area contributed by atoms with Gasteiger partial charge in [0, 0.05) is 0 Å². The van der Waals surface area contributed by atoms with E-state index in [2.05, 4.69) is 0 Å². The Labute approximate surface area is 169 Å². The van der Waals surface area contributed by atoms with Crippen molar-refractivity contribution in [2.24, 2.45) is 0 Å². The van der Waals surface area contributed by atoms with Gasteiger partial charge in [-0.3, -0.25) is 0 Å². The molecule has 0 saturated heterocycles. The Kier molecular flexibility index (Phi) is 34.9. The number of carboxylic acids is 3. The van der Waals surface area contributed by atoms with Crippen molar-refractivity contribution in [3.8, 4) is 0 Å². The zero-order valence-corrected chi connectivity index (χ0v) is 18.9. The van der Waals surface area contributed by atoms with Crippen LogP contribution < -0.4 is 15.3 Å². The summed E-state index contributed by atoms with van der Waals surface area (Å²) in [6, 6.07) is 0. The number of carboxylic acid groups (broad SMARTS) is 3. The van der Waals surface area contributed by atoms with E-state index in [9.17, 15) is 29.7 Å². The van der Waals surface area contributed by atoms with Crippen LogP contribution >= 0.6 is 67.8 Å². The molecule has 0 aromatic rings. The predicted molar refractivity (Wildman–Crippen MR) is 90.3 cm³/mol. The molecule has 0 bridgehead atoms. The third-order valence-corrected chi connectivity index (χ3v) is 1.68. The van der Waals surface area contributed by atoms with E-state index in [-0.39, 0.29) is 25.8 Å². The molecule has 0 saturated carbocycles. The van der Waals surface area contributed by atoms with Crippen molar-refractivity contribution >= 4 is 112 Å². The van der Waals surface area contributed by atoms with E-state index in [0.717, 1.165) is 18.2 Å². The summed E-state index contributed by atoms with van der Waals surface area (Å²) in [4.78, 5) is 28.2. The van der Waals surface area contributed by atoms with Gasteiger partial charge in [-0.15, -0.1) is 0 Å². The Bertz CT molecular complexity index is 289. The maximum Gasteiger partial charge on any atom is 3.00 e. The second-order valence-electron chi connectivity index (χ2n) is 1.84. The first-order valence-electron chi connectivity index (χ1n) is 3.75. The number of halogens is 3. The Morgan fingerprint density at radius 1 is 0.632 bits per heavy atom. The minimum atomic E-state index is -1.15. The van der Waals surface area contributed by atoms with Gasteiger partial charge in [-0.1, -0.05) is 67.8 Å². The average molecular weight is 706 g/mol. The Hall–Kier alpha value is 0.690. The van der Waals surface area contributed by atoms with E-state index >= 15 is 0 Å². The molecule has 0 rings (SSSR count). The van der Waals surface area contributed by atoms with Crippen LogP contribution in [0.5, 0.6) is 0 Å². The molecule has 0 aromatic heterocycles. The molecule has 0 heterocycles. The molecule has 0 spiro atoms. The standard InChI is InChI=1S/3C3H3IO2.In/c3*4-2-1-3(5)6;/h3*1-2H,(H,5,6);/q;;;+3/p-3. The van der Waals surface area contributed by atoms with Gasteiger partial charge in [0.15, 0.2) is 0 Å². The topological polar surface area (TPSA) is 120 Å². The van der Waals surface area contributed by atoms with Crippen LogP contribution in [0.2, 0.25) is 0 Å². The van der Waals surface area contributed by atoms with Crippen molar-refractivity contribution in [1.29, 1.82) is 0 Å². The second-order valence-corrected chi connectivity index (χ2v) is 3.99. The first-order valence-corrected chi connectivity index (χ1v) is 7.48. The largest absolute Gasteiger partial charge is 3.00 e. The summed E-state index contributed by atoms with van der Waals surface area (Å²) >= 11 is 5.40. The zero-order valence-electron chi connectivity index (χ0n) is 9.12. The van der Waals surface area contributed by atoms with Gasteiger partial charge in [0.2, 0.25) is 0 Å². The Balaban J connectivity index is -0.0000000865. The molecule has 0 aliphatic carbocycles. The number of carbonyl (C=O) groups is 3. The quantitative estimate of drug-likeness (QED) is 0.266. The van der Waals surface area contributed by atoms with Crippen LogP contribution in [0.25, 0.3) is 0 Å². The molecule has 19 heavy (non-hydrogen) atoms. The van der Waals surface area contributed by atoms with E-state index in [0.29, 0.717) is 0 Å². The summed E-state index contributed by atoms with van der Waals surface area (Å²) in [6.45, 7) is 0. The molecule has 102 valence electrons. The van der Waals surface area contributed by atoms with Gasteiger partial charge < -0.3 is 29.7 Å². The van der Waals surface area contributed by atoms with Crippen LogP contribution in [0, 0.1) is 0 Å². The van der Waals surface area contributed by atoms with Gasteiger partial charge in [0.05, 0.1) is 17.9 Å². The SMILES string of the molecule is O=C([O-])C=CI.O=C([O-])C=CI.O=C([O-])C=CI.[In+3]. The van der Waals surface area contributed by atoms with Crippen LogP contribution in [-0.4, -0.2) is 43.8 Å². The van der Waals surface area contributed by atoms with E-state index in [1.165, 1.54) is 12.2 Å². The number of aliphatic carboxylic acids is 3. The normalized spacial score (nSPS) is 9.00. The van der Waals surface area contributed by atoms with Gasteiger partial charge in [-0.25, -0.2) is 0 Å². The van der Waals surface area contributed by atoms with Crippen molar-refractivity contribution in [2.45, 2.75) is 0 Å². The molecule has 0 aromatic carbocycles. The minimum Gasteiger partial charge on any atom is -0.545 e. The molecule has 0 aliphatic heterocycles. The van der Waals surface area contributed by atoms with Crippen LogP contribution in [0.3, 0.4) is 0 Å². The molecule has 0 aliphatic rings.